The van der Waals surface area contributed by atoms with Crippen molar-refractivity contribution in [1.29, 1.82) is 0 Å². The molecule has 2 aromatic carbocycles. The molecule has 164 valence electrons. The highest BCUT2D eigenvalue weighted by molar-refractivity contribution is 8.03. The lowest BCUT2D eigenvalue weighted by atomic mass is 10.1. The number of nitro benzene ring substituents is 1. The Morgan fingerprint density at radius 3 is 2.56 bits per heavy atom. The number of nitro groups is 1. The minimum absolute atomic E-state index is 0.0421. The molecule has 0 bridgehead atoms. The molecule has 0 aliphatic carbocycles. The zero-order valence-electron chi connectivity index (χ0n) is 17.0. The monoisotopic (exact) mass is 452 g/mol. The van der Waals surface area contributed by atoms with E-state index in [-0.39, 0.29) is 21.7 Å². The van der Waals surface area contributed by atoms with Crippen molar-refractivity contribution in [2.45, 2.75) is 24.5 Å². The van der Waals surface area contributed by atoms with E-state index < -0.39 is 10.9 Å². The third-order valence-electron chi connectivity index (χ3n) is 5.03. The molecule has 1 aliphatic rings. The summed E-state index contributed by atoms with van der Waals surface area (Å²) in [5.74, 6) is -0.920. The molecule has 0 unspecified atom stereocenters. The Kier molecular flexibility index (Phi) is 6.50. The third kappa shape index (κ3) is 4.97. The van der Waals surface area contributed by atoms with Crippen LogP contribution in [0.15, 0.2) is 63.1 Å². The minimum Gasteiger partial charge on any atom is -0.477 e. The molecule has 1 fully saturated rings. The van der Waals surface area contributed by atoms with Gasteiger partial charge in [-0.05, 0) is 60.9 Å². The number of carboxylic acids is 1. The van der Waals surface area contributed by atoms with E-state index in [9.17, 15) is 20.0 Å². The smallest absolute Gasteiger partial charge is 0.342 e. The quantitative estimate of drug-likeness (QED) is 0.232. The van der Waals surface area contributed by atoms with Crippen molar-refractivity contribution in [2.75, 3.05) is 18.0 Å². The SMILES string of the molecule is O=C(O)/C(=C\c1ccc(N2CCCCC2)c([N+](=O)[O-])c1)Sc1nnc(-c2ccccc2)o1. The Labute approximate surface area is 187 Å². The molecule has 1 aliphatic heterocycles. The van der Waals surface area contributed by atoms with Crippen molar-refractivity contribution in [2.24, 2.45) is 0 Å². The van der Waals surface area contributed by atoms with E-state index in [1.54, 1.807) is 24.3 Å². The van der Waals surface area contributed by atoms with Gasteiger partial charge < -0.3 is 14.4 Å². The van der Waals surface area contributed by atoms with Crippen molar-refractivity contribution in [3.8, 4) is 11.5 Å². The predicted molar refractivity (Wildman–Crippen MR) is 120 cm³/mol. The van der Waals surface area contributed by atoms with E-state index in [1.807, 2.05) is 23.1 Å². The van der Waals surface area contributed by atoms with Gasteiger partial charge in [-0.3, -0.25) is 10.1 Å². The van der Waals surface area contributed by atoms with Crippen LogP contribution >= 0.6 is 11.8 Å². The van der Waals surface area contributed by atoms with Gasteiger partial charge in [0.15, 0.2) is 0 Å². The molecule has 0 saturated carbocycles. The molecule has 2 heterocycles. The molecule has 0 spiro atoms. The summed E-state index contributed by atoms with van der Waals surface area (Å²) in [4.78, 5) is 24.9. The minimum atomic E-state index is -1.20. The first kappa shape index (κ1) is 21.6. The number of rotatable bonds is 7. The fourth-order valence-electron chi connectivity index (χ4n) is 3.51. The number of aromatic nitrogens is 2. The van der Waals surface area contributed by atoms with Crippen LogP contribution in [0, 0.1) is 10.1 Å². The number of aliphatic carboxylic acids is 1. The van der Waals surface area contributed by atoms with Gasteiger partial charge in [-0.25, -0.2) is 4.79 Å². The molecule has 32 heavy (non-hydrogen) atoms. The Balaban J connectivity index is 1.60. The number of thioether (sulfide) groups is 1. The summed E-state index contributed by atoms with van der Waals surface area (Å²) in [6, 6.07) is 13.9. The molecule has 0 radical (unpaired) electrons. The second kappa shape index (κ2) is 9.65. The molecular weight excluding hydrogens is 432 g/mol. The van der Waals surface area contributed by atoms with Gasteiger partial charge in [-0.2, -0.15) is 0 Å². The van der Waals surface area contributed by atoms with Gasteiger partial charge in [0.2, 0.25) is 5.89 Å². The molecule has 10 heteroatoms. The predicted octanol–water partition coefficient (Wildman–Crippen LogP) is 4.85. The summed E-state index contributed by atoms with van der Waals surface area (Å²) >= 11 is 0.795. The summed E-state index contributed by atoms with van der Waals surface area (Å²) in [6.07, 6.45) is 4.47. The number of anilines is 1. The van der Waals surface area contributed by atoms with Gasteiger partial charge in [0, 0.05) is 24.7 Å². The van der Waals surface area contributed by atoms with Crippen LogP contribution < -0.4 is 4.90 Å². The zero-order chi connectivity index (χ0) is 22.5. The Morgan fingerprint density at radius 2 is 1.88 bits per heavy atom. The first-order chi connectivity index (χ1) is 15.5. The van der Waals surface area contributed by atoms with E-state index in [0.717, 1.165) is 49.7 Å². The van der Waals surface area contributed by atoms with E-state index in [1.165, 1.54) is 12.1 Å². The maximum Gasteiger partial charge on any atom is 0.342 e. The van der Waals surface area contributed by atoms with Gasteiger partial charge in [0.25, 0.3) is 10.9 Å². The number of nitrogens with zero attached hydrogens (tertiary/aromatic N) is 4. The second-order valence-electron chi connectivity index (χ2n) is 7.21. The van der Waals surface area contributed by atoms with Crippen LogP contribution in [0.3, 0.4) is 0 Å². The van der Waals surface area contributed by atoms with Gasteiger partial charge in [0.1, 0.15) is 10.6 Å². The third-order valence-corrected chi connectivity index (χ3v) is 5.88. The van der Waals surface area contributed by atoms with Crippen LogP contribution in [0.2, 0.25) is 0 Å². The van der Waals surface area contributed by atoms with Crippen molar-refractivity contribution < 1.29 is 19.2 Å². The fourth-order valence-corrected chi connectivity index (χ4v) is 4.18. The van der Waals surface area contributed by atoms with Crippen LogP contribution in [0.25, 0.3) is 17.5 Å². The summed E-state index contributed by atoms with van der Waals surface area (Å²) in [5, 5.41) is 29.2. The van der Waals surface area contributed by atoms with Crippen molar-refractivity contribution >= 4 is 35.2 Å². The summed E-state index contributed by atoms with van der Waals surface area (Å²) in [7, 11) is 0. The highest BCUT2D eigenvalue weighted by Crippen LogP contribution is 2.34. The largest absolute Gasteiger partial charge is 0.477 e. The van der Waals surface area contributed by atoms with E-state index >= 15 is 0 Å². The lowest BCUT2D eigenvalue weighted by Gasteiger charge is -2.28. The van der Waals surface area contributed by atoms with Crippen molar-refractivity contribution in [3.63, 3.8) is 0 Å². The number of hydrogen-bond donors (Lipinski definition) is 1. The molecule has 1 aromatic heterocycles. The highest BCUT2D eigenvalue weighted by atomic mass is 32.2. The molecule has 0 amide bonds. The normalized spacial score (nSPS) is 14.4. The lowest BCUT2D eigenvalue weighted by molar-refractivity contribution is -0.384. The van der Waals surface area contributed by atoms with Crippen LogP contribution in [-0.4, -0.2) is 39.3 Å². The molecule has 9 nitrogen and oxygen atoms in total. The number of carboxylic acid groups (broad SMARTS) is 1. The van der Waals surface area contributed by atoms with Crippen LogP contribution in [0.1, 0.15) is 24.8 Å². The number of benzene rings is 2. The van der Waals surface area contributed by atoms with Gasteiger partial charge in [-0.15, -0.1) is 10.2 Å². The Bertz CT molecular complexity index is 1160. The zero-order valence-corrected chi connectivity index (χ0v) is 17.8. The molecular formula is C22H20N4O5S. The van der Waals surface area contributed by atoms with Crippen LogP contribution in [-0.2, 0) is 4.79 Å². The maximum atomic E-state index is 11.8. The van der Waals surface area contributed by atoms with Gasteiger partial charge in [0.05, 0.1) is 4.92 Å². The number of piperidine rings is 1. The molecule has 3 aromatic rings. The van der Waals surface area contributed by atoms with Gasteiger partial charge in [-0.1, -0.05) is 24.3 Å². The molecule has 1 N–H and O–H groups in total. The number of carbonyl (C=O) groups is 1. The highest BCUT2D eigenvalue weighted by Gasteiger charge is 2.22. The van der Waals surface area contributed by atoms with E-state index in [2.05, 4.69) is 10.2 Å². The average Bonchev–Trinajstić information content (AvgIpc) is 3.28. The average molecular weight is 452 g/mol. The van der Waals surface area contributed by atoms with Gasteiger partial charge >= 0.3 is 5.97 Å². The van der Waals surface area contributed by atoms with E-state index in [4.69, 9.17) is 4.42 Å². The summed E-state index contributed by atoms with van der Waals surface area (Å²) < 4.78 is 5.57. The second-order valence-corrected chi connectivity index (χ2v) is 8.20. The maximum absolute atomic E-state index is 11.8. The molecule has 1 saturated heterocycles. The van der Waals surface area contributed by atoms with Crippen LogP contribution in [0.4, 0.5) is 11.4 Å². The van der Waals surface area contributed by atoms with Crippen molar-refractivity contribution in [3.05, 3.63) is 69.1 Å². The summed E-state index contributed by atoms with van der Waals surface area (Å²) in [6.45, 7) is 1.54. The van der Waals surface area contributed by atoms with Crippen LogP contribution in [0.5, 0.6) is 0 Å². The lowest BCUT2D eigenvalue weighted by Crippen LogP contribution is -2.29. The molecule has 4 rings (SSSR count). The topological polar surface area (TPSA) is 123 Å². The first-order valence-electron chi connectivity index (χ1n) is 10.1. The number of hydrogen-bond acceptors (Lipinski definition) is 8. The van der Waals surface area contributed by atoms with Crippen molar-refractivity contribution in [1.82, 2.24) is 10.2 Å². The molecule has 0 atom stereocenters. The Morgan fingerprint density at radius 1 is 1.12 bits per heavy atom. The standard InChI is InChI=1S/C22H20N4O5S/c27-21(28)19(32-22-24-23-20(31-22)16-7-3-1-4-8-16)14-15-9-10-17(18(13-15)26(29)30)25-11-5-2-6-12-25/h1,3-4,7-10,13-14H,2,5-6,11-12H2,(H,27,28)/b19-14+. The first-order valence-corrected chi connectivity index (χ1v) is 10.9. The Hall–Kier alpha value is -3.66. The summed E-state index contributed by atoms with van der Waals surface area (Å²) in [5.41, 5.74) is 1.64. The van der Waals surface area contributed by atoms with E-state index in [0.29, 0.717) is 11.3 Å². The fraction of sp³-hybridized carbons (Fsp3) is 0.227.